The van der Waals surface area contributed by atoms with Gasteiger partial charge in [-0.1, -0.05) is 56.3 Å². The van der Waals surface area contributed by atoms with Crippen LogP contribution in [0, 0.1) is 5.92 Å². The molecule has 0 aromatic heterocycles. The third-order valence-electron chi connectivity index (χ3n) is 3.94. The van der Waals surface area contributed by atoms with Crippen LogP contribution < -0.4 is 4.74 Å². The van der Waals surface area contributed by atoms with Gasteiger partial charge in [-0.05, 0) is 49.4 Å². The molecule has 2 rings (SSSR count). The first kappa shape index (κ1) is 17.6. The molecule has 0 heterocycles. The summed E-state index contributed by atoms with van der Waals surface area (Å²) in [5.74, 6) is 1.54. The van der Waals surface area contributed by atoms with Crippen LogP contribution in [0.5, 0.6) is 5.75 Å². The molecule has 0 N–H and O–H groups in total. The Bertz CT molecular complexity index is 588. The van der Waals surface area contributed by atoms with Gasteiger partial charge in [0.2, 0.25) is 0 Å². The van der Waals surface area contributed by atoms with Crippen molar-refractivity contribution in [2.75, 3.05) is 6.61 Å². The Kier molecular flexibility index (Phi) is 6.23. The topological polar surface area (TPSA) is 18.5 Å². The van der Waals surface area contributed by atoms with E-state index in [0.717, 1.165) is 24.3 Å². The smallest absolute Gasteiger partial charge is 0.120 e. The van der Waals surface area contributed by atoms with Gasteiger partial charge in [-0.15, -0.1) is 0 Å². The van der Waals surface area contributed by atoms with Crippen LogP contribution in [0.25, 0.3) is 0 Å². The molecule has 2 nitrogen and oxygen atoms in total. The highest BCUT2D eigenvalue weighted by atomic mass is 16.5. The van der Waals surface area contributed by atoms with Crippen molar-refractivity contribution in [2.24, 2.45) is 5.92 Å². The largest absolute Gasteiger partial charge is 0.489 e. The van der Waals surface area contributed by atoms with E-state index in [-0.39, 0.29) is 5.60 Å². The van der Waals surface area contributed by atoms with Crippen molar-refractivity contribution in [1.29, 1.82) is 0 Å². The fourth-order valence-corrected chi connectivity index (χ4v) is 2.33. The van der Waals surface area contributed by atoms with Gasteiger partial charge in [0.25, 0.3) is 0 Å². The molecule has 124 valence electrons. The van der Waals surface area contributed by atoms with Crippen LogP contribution in [0.4, 0.5) is 0 Å². The fraction of sp³-hybridized carbons (Fsp3) is 0.429. The van der Waals surface area contributed by atoms with Crippen LogP contribution in [0.3, 0.4) is 0 Å². The molecule has 0 atom stereocenters. The summed E-state index contributed by atoms with van der Waals surface area (Å²) in [5.41, 5.74) is 2.01. The second-order valence-electron chi connectivity index (χ2n) is 6.84. The van der Waals surface area contributed by atoms with E-state index >= 15 is 0 Å². The third kappa shape index (κ3) is 5.72. The minimum absolute atomic E-state index is 0.305. The lowest BCUT2D eigenvalue weighted by molar-refractivity contribution is -0.0263. The lowest BCUT2D eigenvalue weighted by Crippen LogP contribution is -2.22. The van der Waals surface area contributed by atoms with E-state index in [0.29, 0.717) is 12.5 Å². The SMILES string of the molecule is CC(C)CCOC(C)(C)c1cccc(OCc2ccccc2)c1. The van der Waals surface area contributed by atoms with Gasteiger partial charge in [0.15, 0.2) is 0 Å². The van der Waals surface area contributed by atoms with E-state index in [4.69, 9.17) is 9.47 Å². The summed E-state index contributed by atoms with van der Waals surface area (Å²) in [5, 5.41) is 0. The van der Waals surface area contributed by atoms with Crippen LogP contribution in [0.2, 0.25) is 0 Å². The molecule has 0 amide bonds. The van der Waals surface area contributed by atoms with Crippen LogP contribution in [0.15, 0.2) is 54.6 Å². The minimum Gasteiger partial charge on any atom is -0.489 e. The number of rotatable bonds is 8. The predicted molar refractivity (Wildman–Crippen MR) is 95.6 cm³/mol. The lowest BCUT2D eigenvalue weighted by Gasteiger charge is -2.27. The summed E-state index contributed by atoms with van der Waals surface area (Å²) >= 11 is 0. The van der Waals surface area contributed by atoms with Gasteiger partial charge < -0.3 is 9.47 Å². The van der Waals surface area contributed by atoms with E-state index in [1.807, 2.05) is 30.3 Å². The minimum atomic E-state index is -0.305. The van der Waals surface area contributed by atoms with Gasteiger partial charge in [-0.2, -0.15) is 0 Å². The first-order valence-corrected chi connectivity index (χ1v) is 8.38. The van der Waals surface area contributed by atoms with Crippen LogP contribution >= 0.6 is 0 Å². The quantitative estimate of drug-likeness (QED) is 0.635. The van der Waals surface area contributed by atoms with Gasteiger partial charge in [-0.25, -0.2) is 0 Å². The molecule has 0 saturated heterocycles. The summed E-state index contributed by atoms with van der Waals surface area (Å²) in [6.45, 7) is 10.0. The molecular weight excluding hydrogens is 284 g/mol. The van der Waals surface area contributed by atoms with E-state index in [1.54, 1.807) is 0 Å². The molecule has 0 unspecified atom stereocenters. The average molecular weight is 312 g/mol. The standard InChI is InChI=1S/C21H28O2/c1-17(2)13-14-23-21(3,4)19-11-8-12-20(15-19)22-16-18-9-6-5-7-10-18/h5-12,15,17H,13-14,16H2,1-4H3. The van der Waals surface area contributed by atoms with Crippen LogP contribution in [-0.4, -0.2) is 6.61 Å². The second-order valence-corrected chi connectivity index (χ2v) is 6.84. The second kappa shape index (κ2) is 8.16. The van der Waals surface area contributed by atoms with E-state index in [1.165, 1.54) is 5.56 Å². The average Bonchev–Trinajstić information content (AvgIpc) is 2.54. The Balaban J connectivity index is 1.98. The van der Waals surface area contributed by atoms with Crippen LogP contribution in [0.1, 0.15) is 45.2 Å². The van der Waals surface area contributed by atoms with E-state index in [9.17, 15) is 0 Å². The van der Waals surface area contributed by atoms with Gasteiger partial charge in [0, 0.05) is 6.61 Å². The number of ether oxygens (including phenoxy) is 2. The van der Waals surface area contributed by atoms with Crippen molar-refractivity contribution in [3.05, 3.63) is 65.7 Å². The molecule has 0 aliphatic rings. The van der Waals surface area contributed by atoms with Crippen molar-refractivity contribution in [2.45, 2.75) is 46.3 Å². The highest BCUT2D eigenvalue weighted by Gasteiger charge is 2.21. The van der Waals surface area contributed by atoms with E-state index < -0.39 is 0 Å². The van der Waals surface area contributed by atoms with E-state index in [2.05, 4.69) is 52.0 Å². The zero-order valence-corrected chi connectivity index (χ0v) is 14.7. The predicted octanol–water partition coefficient (Wildman–Crippen LogP) is 5.56. The van der Waals surface area contributed by atoms with Gasteiger partial charge in [-0.3, -0.25) is 0 Å². The molecule has 2 aromatic rings. The Morgan fingerprint density at radius 2 is 1.70 bits per heavy atom. The maximum Gasteiger partial charge on any atom is 0.120 e. The molecule has 0 saturated carbocycles. The Hall–Kier alpha value is -1.80. The van der Waals surface area contributed by atoms with Crippen molar-refractivity contribution < 1.29 is 9.47 Å². The van der Waals surface area contributed by atoms with Crippen molar-refractivity contribution in [1.82, 2.24) is 0 Å². The normalized spacial score (nSPS) is 11.7. The summed E-state index contributed by atoms with van der Waals surface area (Å²) < 4.78 is 12.0. The highest BCUT2D eigenvalue weighted by Crippen LogP contribution is 2.28. The first-order valence-electron chi connectivity index (χ1n) is 8.38. The van der Waals surface area contributed by atoms with Gasteiger partial charge >= 0.3 is 0 Å². The maximum atomic E-state index is 6.09. The molecule has 23 heavy (non-hydrogen) atoms. The van der Waals surface area contributed by atoms with Crippen molar-refractivity contribution in [3.63, 3.8) is 0 Å². The molecule has 0 radical (unpaired) electrons. The Morgan fingerprint density at radius 1 is 0.957 bits per heavy atom. The number of hydrogen-bond donors (Lipinski definition) is 0. The Morgan fingerprint density at radius 3 is 2.39 bits per heavy atom. The van der Waals surface area contributed by atoms with Crippen molar-refractivity contribution in [3.8, 4) is 5.75 Å². The van der Waals surface area contributed by atoms with Gasteiger partial charge in [0.05, 0.1) is 5.60 Å². The lowest BCUT2D eigenvalue weighted by atomic mass is 9.97. The highest BCUT2D eigenvalue weighted by molar-refractivity contribution is 5.32. The molecule has 0 aliphatic heterocycles. The Labute approximate surface area is 140 Å². The van der Waals surface area contributed by atoms with Crippen molar-refractivity contribution >= 4 is 0 Å². The third-order valence-corrected chi connectivity index (χ3v) is 3.94. The maximum absolute atomic E-state index is 6.09. The molecule has 0 spiro atoms. The zero-order valence-electron chi connectivity index (χ0n) is 14.7. The molecule has 0 bridgehead atoms. The number of benzene rings is 2. The molecule has 0 fully saturated rings. The number of hydrogen-bond acceptors (Lipinski definition) is 2. The summed E-state index contributed by atoms with van der Waals surface area (Å²) in [6, 6.07) is 18.4. The summed E-state index contributed by atoms with van der Waals surface area (Å²) in [6.07, 6.45) is 1.08. The molecule has 2 aromatic carbocycles. The molecule has 0 aliphatic carbocycles. The van der Waals surface area contributed by atoms with Crippen LogP contribution in [-0.2, 0) is 16.9 Å². The monoisotopic (exact) mass is 312 g/mol. The summed E-state index contributed by atoms with van der Waals surface area (Å²) in [7, 11) is 0. The molecule has 2 heteroatoms. The zero-order chi connectivity index (χ0) is 16.7. The van der Waals surface area contributed by atoms with Gasteiger partial charge in [0.1, 0.15) is 12.4 Å². The summed E-state index contributed by atoms with van der Waals surface area (Å²) in [4.78, 5) is 0. The first-order chi connectivity index (χ1) is 11.0. The molecular formula is C21H28O2. The fourth-order valence-electron chi connectivity index (χ4n) is 2.33.